The number of hydrogen-bond acceptors (Lipinski definition) is 4. The first-order valence-electron chi connectivity index (χ1n) is 18.2. The van der Waals surface area contributed by atoms with E-state index in [0.29, 0.717) is 0 Å². The summed E-state index contributed by atoms with van der Waals surface area (Å²) in [5.74, 6) is 0. The molecular formula is C50H33PS4. The highest BCUT2D eigenvalue weighted by atomic mass is 32.1. The lowest BCUT2D eigenvalue weighted by molar-refractivity contribution is 1.70. The zero-order chi connectivity index (χ0) is 36.6. The summed E-state index contributed by atoms with van der Waals surface area (Å²) in [6, 6.07) is 73.5. The molecule has 10 rings (SSSR count). The molecule has 55 heavy (non-hydrogen) atoms. The lowest BCUT2D eigenvalue weighted by atomic mass is 10.0. The smallest absolute Gasteiger partial charge is 0.0399 e. The molecule has 0 saturated carbocycles. The van der Waals surface area contributed by atoms with Gasteiger partial charge in [0.05, 0.1) is 0 Å². The van der Waals surface area contributed by atoms with Crippen LogP contribution in [0.25, 0.3) is 88.3 Å². The minimum atomic E-state index is -0.953. The number of rotatable bonds is 9. The van der Waals surface area contributed by atoms with Gasteiger partial charge in [-0.2, -0.15) is 0 Å². The first-order valence-corrected chi connectivity index (χ1v) is 22.9. The molecule has 0 nitrogen and oxygen atoms in total. The molecule has 0 atom stereocenters. The Morgan fingerprint density at radius 2 is 0.491 bits per heavy atom. The summed E-state index contributed by atoms with van der Waals surface area (Å²) in [7, 11) is -0.953. The van der Waals surface area contributed by atoms with Gasteiger partial charge in [0.1, 0.15) is 0 Å². The normalized spacial score (nSPS) is 11.3. The molecule has 5 heteroatoms. The Morgan fingerprint density at radius 1 is 0.236 bits per heavy atom. The van der Waals surface area contributed by atoms with E-state index in [9.17, 15) is 0 Å². The van der Waals surface area contributed by atoms with Crippen molar-refractivity contribution < 1.29 is 0 Å². The standard InChI is InChI=1S/C50H33PS4/c1-6-16-34(17-7-1)39-26-30-43(52-39)47-48(44-31-27-40(53-44)35-18-8-2-9-19-35)50(46-33-29-42(55-46)37-22-12-4-13-23-37)51(38-24-14-5-15-25-38)49(47)45-32-28-41(54-45)36-20-10-3-11-21-36/h1-33H. The topological polar surface area (TPSA) is 0 Å². The Labute approximate surface area is 339 Å². The largest absolute Gasteiger partial charge is 0.135 e. The van der Waals surface area contributed by atoms with Crippen molar-refractivity contribution in [3.63, 3.8) is 0 Å². The molecule has 0 fully saturated rings. The molecule has 0 bridgehead atoms. The van der Waals surface area contributed by atoms with Crippen molar-refractivity contribution >= 4 is 52.9 Å². The molecule has 0 radical (unpaired) electrons. The lowest BCUT2D eigenvalue weighted by Gasteiger charge is -2.10. The second-order valence-corrected chi connectivity index (χ2v) is 19.7. The highest BCUT2D eigenvalue weighted by Gasteiger charge is 2.31. The van der Waals surface area contributed by atoms with Crippen molar-refractivity contribution in [2.24, 2.45) is 0 Å². The van der Waals surface area contributed by atoms with Crippen LogP contribution in [0.4, 0.5) is 0 Å². The van der Waals surface area contributed by atoms with Gasteiger partial charge in [-0.1, -0.05) is 159 Å². The fourth-order valence-electron chi connectivity index (χ4n) is 7.26. The molecule has 0 unspecified atom stereocenters. The zero-order valence-corrected chi connectivity index (χ0v) is 33.8. The van der Waals surface area contributed by atoms with Crippen molar-refractivity contribution in [3.05, 3.63) is 200 Å². The Kier molecular flexibility index (Phi) is 9.37. The monoisotopic (exact) mass is 792 g/mol. The predicted octanol–water partition coefficient (Wildman–Crippen LogP) is 17.2. The van der Waals surface area contributed by atoms with Gasteiger partial charge in [0.15, 0.2) is 0 Å². The van der Waals surface area contributed by atoms with Crippen molar-refractivity contribution in [2.75, 3.05) is 0 Å². The maximum Gasteiger partial charge on any atom is 0.0399 e. The van der Waals surface area contributed by atoms with E-state index in [2.05, 4.69) is 200 Å². The molecule has 0 saturated heterocycles. The highest BCUT2D eigenvalue weighted by molar-refractivity contribution is 7.65. The molecule has 0 aliphatic carbocycles. The third-order valence-corrected chi connectivity index (χ3v) is 17.3. The third kappa shape index (κ3) is 6.61. The molecule has 5 aromatic carbocycles. The van der Waals surface area contributed by atoms with Crippen molar-refractivity contribution in [1.82, 2.24) is 0 Å². The van der Waals surface area contributed by atoms with E-state index in [1.165, 1.54) is 88.3 Å². The minimum Gasteiger partial charge on any atom is -0.135 e. The van der Waals surface area contributed by atoms with Crippen LogP contribution in [-0.4, -0.2) is 0 Å². The molecular weight excluding hydrogens is 760 g/mol. The zero-order valence-electron chi connectivity index (χ0n) is 29.6. The van der Waals surface area contributed by atoms with Crippen LogP contribution in [0.15, 0.2) is 200 Å². The van der Waals surface area contributed by atoms with Crippen LogP contribution in [0.1, 0.15) is 0 Å². The molecule has 0 aliphatic rings. The van der Waals surface area contributed by atoms with Gasteiger partial charge in [0.25, 0.3) is 0 Å². The summed E-state index contributed by atoms with van der Waals surface area (Å²) in [5.41, 5.74) is 7.77. The second kappa shape index (κ2) is 15.1. The van der Waals surface area contributed by atoms with Crippen LogP contribution in [-0.2, 0) is 0 Å². The molecule has 5 aromatic heterocycles. The van der Waals surface area contributed by atoms with Gasteiger partial charge in [-0.15, -0.1) is 45.3 Å². The van der Waals surface area contributed by atoms with E-state index in [0.717, 1.165) is 0 Å². The second-order valence-electron chi connectivity index (χ2n) is 13.2. The molecule has 0 aliphatic heterocycles. The van der Waals surface area contributed by atoms with E-state index < -0.39 is 7.53 Å². The Hall–Kier alpha value is -5.32. The van der Waals surface area contributed by atoms with Crippen molar-refractivity contribution in [2.45, 2.75) is 0 Å². The van der Waals surface area contributed by atoms with Gasteiger partial charge >= 0.3 is 0 Å². The average Bonchev–Trinajstić information content (AvgIpc) is 4.11. The summed E-state index contributed by atoms with van der Waals surface area (Å²) >= 11 is 7.68. The van der Waals surface area contributed by atoms with Crippen LogP contribution in [0.3, 0.4) is 0 Å². The minimum absolute atomic E-state index is 0.953. The summed E-state index contributed by atoms with van der Waals surface area (Å²) < 4.78 is 0. The van der Waals surface area contributed by atoms with Crippen LogP contribution < -0.4 is 0 Å². The van der Waals surface area contributed by atoms with Crippen molar-refractivity contribution in [3.8, 4) is 88.3 Å². The number of thiophene rings is 4. The SMILES string of the molecule is c1ccc(-c2ccc(-c3c(-c4ccc(-c5ccccc5)s4)c(-c4ccc(-c5ccccc5)s4)p(-c4ccccc4)c3-c3ccc(-c4ccccc4)s3)s2)cc1. The van der Waals surface area contributed by atoms with Gasteiger partial charge in [-0.3, -0.25) is 0 Å². The number of benzene rings is 5. The van der Waals surface area contributed by atoms with Crippen LogP contribution in [0, 0.1) is 0 Å². The third-order valence-electron chi connectivity index (χ3n) is 9.80. The van der Waals surface area contributed by atoms with E-state index in [-0.39, 0.29) is 0 Å². The highest BCUT2D eigenvalue weighted by Crippen LogP contribution is 2.68. The lowest BCUT2D eigenvalue weighted by Crippen LogP contribution is -1.79. The molecule has 5 heterocycles. The van der Waals surface area contributed by atoms with E-state index in [1.54, 1.807) is 0 Å². The van der Waals surface area contributed by atoms with Gasteiger partial charge < -0.3 is 0 Å². The van der Waals surface area contributed by atoms with Crippen LogP contribution >= 0.6 is 52.9 Å². The van der Waals surface area contributed by atoms with Crippen LogP contribution in [0.2, 0.25) is 0 Å². The fourth-order valence-corrected chi connectivity index (χ4v) is 15.0. The van der Waals surface area contributed by atoms with Crippen LogP contribution in [0.5, 0.6) is 0 Å². The maximum atomic E-state index is 2.39. The Bertz CT molecular complexity index is 2660. The van der Waals surface area contributed by atoms with E-state index in [1.807, 2.05) is 45.3 Å². The summed E-state index contributed by atoms with van der Waals surface area (Å²) in [4.78, 5) is 10.5. The summed E-state index contributed by atoms with van der Waals surface area (Å²) in [6.07, 6.45) is 0. The predicted molar refractivity (Wildman–Crippen MR) is 245 cm³/mol. The van der Waals surface area contributed by atoms with Gasteiger partial charge in [0.2, 0.25) is 0 Å². The fraction of sp³-hybridized carbons (Fsp3) is 0. The first-order chi connectivity index (χ1) is 27.3. The van der Waals surface area contributed by atoms with Gasteiger partial charge in [-0.25, -0.2) is 0 Å². The van der Waals surface area contributed by atoms with Gasteiger partial charge in [-0.05, 0) is 76.1 Å². The summed E-state index contributed by atoms with van der Waals surface area (Å²) in [5, 5.41) is 4.27. The summed E-state index contributed by atoms with van der Waals surface area (Å²) in [6.45, 7) is 0. The molecule has 10 aromatic rings. The molecule has 0 amide bonds. The Morgan fingerprint density at radius 3 is 0.818 bits per heavy atom. The Balaban J connectivity index is 1.31. The van der Waals surface area contributed by atoms with Gasteiger partial charge in [0, 0.05) is 60.7 Å². The van der Waals surface area contributed by atoms with E-state index in [4.69, 9.17) is 0 Å². The first kappa shape index (κ1) is 34.2. The van der Waals surface area contributed by atoms with E-state index >= 15 is 0 Å². The average molecular weight is 793 g/mol. The molecule has 0 spiro atoms. The maximum absolute atomic E-state index is 2.39. The quantitative estimate of drug-likeness (QED) is 0.137. The molecule has 0 N–H and O–H groups in total. The molecule has 262 valence electrons. The van der Waals surface area contributed by atoms with Crippen molar-refractivity contribution in [1.29, 1.82) is 0 Å². The number of hydrogen-bond donors (Lipinski definition) is 0.